The molecular formula is C16H16Cl2N2O. The highest BCUT2D eigenvalue weighted by atomic mass is 35.5. The van der Waals surface area contributed by atoms with Gasteiger partial charge in [-0.15, -0.1) is 0 Å². The summed E-state index contributed by atoms with van der Waals surface area (Å²) in [5.41, 5.74) is 3.92. The van der Waals surface area contributed by atoms with Crippen LogP contribution in [0.15, 0.2) is 30.5 Å². The minimum atomic E-state index is -0.138. The van der Waals surface area contributed by atoms with Crippen molar-refractivity contribution in [3.63, 3.8) is 0 Å². The molecule has 0 fully saturated rings. The summed E-state index contributed by atoms with van der Waals surface area (Å²) in [4.78, 5) is 17.9. The van der Waals surface area contributed by atoms with Gasteiger partial charge in [-0.3, -0.25) is 4.79 Å². The molecule has 0 aliphatic carbocycles. The molecule has 0 radical (unpaired) electrons. The summed E-state index contributed by atoms with van der Waals surface area (Å²) in [5.74, 6) is -0.138. The van der Waals surface area contributed by atoms with Gasteiger partial charge >= 0.3 is 0 Å². The van der Waals surface area contributed by atoms with E-state index in [1.807, 2.05) is 26.0 Å². The standard InChI is InChI=1S/C16H16Cl2N2O/c1-10-4-5-12(11(2)6-10)9-20(3)16(21)13-7-14(17)15(18)19-8-13/h4-8H,9H2,1-3H3. The lowest BCUT2D eigenvalue weighted by Crippen LogP contribution is -2.26. The van der Waals surface area contributed by atoms with Gasteiger partial charge in [0.05, 0.1) is 10.6 Å². The topological polar surface area (TPSA) is 33.2 Å². The first-order chi connectivity index (χ1) is 9.88. The first kappa shape index (κ1) is 15.8. The lowest BCUT2D eigenvalue weighted by Gasteiger charge is -2.19. The zero-order valence-electron chi connectivity index (χ0n) is 12.2. The van der Waals surface area contributed by atoms with E-state index in [0.29, 0.717) is 12.1 Å². The van der Waals surface area contributed by atoms with Crippen molar-refractivity contribution in [2.45, 2.75) is 20.4 Å². The van der Waals surface area contributed by atoms with E-state index >= 15 is 0 Å². The van der Waals surface area contributed by atoms with Gasteiger partial charge in [0, 0.05) is 19.8 Å². The molecule has 0 N–H and O–H groups in total. The van der Waals surface area contributed by atoms with Gasteiger partial charge in [-0.1, -0.05) is 47.0 Å². The van der Waals surface area contributed by atoms with Crippen molar-refractivity contribution < 1.29 is 4.79 Å². The maximum Gasteiger partial charge on any atom is 0.255 e. The van der Waals surface area contributed by atoms with Gasteiger partial charge in [0.25, 0.3) is 5.91 Å². The number of carbonyl (C=O) groups is 1. The van der Waals surface area contributed by atoms with Crippen molar-refractivity contribution in [1.82, 2.24) is 9.88 Å². The molecule has 1 amide bonds. The van der Waals surface area contributed by atoms with Crippen LogP contribution in [-0.2, 0) is 6.54 Å². The number of hydrogen-bond acceptors (Lipinski definition) is 2. The fraction of sp³-hybridized carbons (Fsp3) is 0.250. The van der Waals surface area contributed by atoms with Crippen molar-refractivity contribution in [2.24, 2.45) is 0 Å². The summed E-state index contributed by atoms with van der Waals surface area (Å²) in [5, 5.41) is 0.479. The van der Waals surface area contributed by atoms with Gasteiger partial charge < -0.3 is 4.90 Å². The molecule has 5 heteroatoms. The Balaban J connectivity index is 2.17. The fourth-order valence-corrected chi connectivity index (χ4v) is 2.38. The van der Waals surface area contributed by atoms with E-state index in [0.717, 1.165) is 5.56 Å². The SMILES string of the molecule is Cc1ccc(CN(C)C(=O)c2cnc(Cl)c(Cl)c2)c(C)c1. The van der Waals surface area contributed by atoms with Crippen molar-refractivity contribution in [3.05, 3.63) is 62.9 Å². The summed E-state index contributed by atoms with van der Waals surface area (Å²) in [6, 6.07) is 7.73. The van der Waals surface area contributed by atoms with Gasteiger partial charge in [0.15, 0.2) is 0 Å². The fourth-order valence-electron chi connectivity index (χ4n) is 2.11. The monoisotopic (exact) mass is 322 g/mol. The molecule has 1 heterocycles. The summed E-state index contributed by atoms with van der Waals surface area (Å²) in [6.07, 6.45) is 1.44. The van der Waals surface area contributed by atoms with Crippen molar-refractivity contribution >= 4 is 29.1 Å². The Hall–Kier alpha value is -1.58. The number of aromatic nitrogens is 1. The molecule has 0 spiro atoms. The normalized spacial score (nSPS) is 10.5. The summed E-state index contributed by atoms with van der Waals surface area (Å²) < 4.78 is 0. The Bertz CT molecular complexity index is 686. The number of aryl methyl sites for hydroxylation is 2. The molecule has 0 saturated carbocycles. The predicted octanol–water partition coefficient (Wildman–Crippen LogP) is 4.28. The highest BCUT2D eigenvalue weighted by molar-refractivity contribution is 6.41. The number of carbonyl (C=O) groups excluding carboxylic acids is 1. The average Bonchev–Trinajstić information content (AvgIpc) is 2.44. The summed E-state index contributed by atoms with van der Waals surface area (Å²) in [7, 11) is 1.75. The molecule has 2 rings (SSSR count). The first-order valence-electron chi connectivity index (χ1n) is 6.51. The number of benzene rings is 1. The molecule has 0 bridgehead atoms. The Labute approximate surface area is 134 Å². The van der Waals surface area contributed by atoms with Gasteiger partial charge in [-0.05, 0) is 31.0 Å². The zero-order valence-corrected chi connectivity index (χ0v) is 13.7. The lowest BCUT2D eigenvalue weighted by atomic mass is 10.1. The molecule has 21 heavy (non-hydrogen) atoms. The minimum absolute atomic E-state index is 0.138. The summed E-state index contributed by atoms with van der Waals surface area (Å²) in [6.45, 7) is 4.62. The third-order valence-corrected chi connectivity index (χ3v) is 3.98. The third-order valence-electron chi connectivity index (χ3n) is 3.30. The molecule has 3 nitrogen and oxygen atoms in total. The molecule has 2 aromatic rings. The van der Waals surface area contributed by atoms with Crippen molar-refractivity contribution in [3.8, 4) is 0 Å². The van der Waals surface area contributed by atoms with Crippen LogP contribution in [0.3, 0.4) is 0 Å². The van der Waals surface area contributed by atoms with Crippen LogP contribution in [-0.4, -0.2) is 22.8 Å². The zero-order chi connectivity index (χ0) is 15.6. The third kappa shape index (κ3) is 3.74. The van der Waals surface area contributed by atoms with Crippen LogP contribution in [0, 0.1) is 13.8 Å². The highest BCUT2D eigenvalue weighted by Gasteiger charge is 2.15. The Morgan fingerprint density at radius 2 is 1.95 bits per heavy atom. The summed E-state index contributed by atoms with van der Waals surface area (Å²) >= 11 is 11.7. The van der Waals surface area contributed by atoms with Gasteiger partial charge in [-0.2, -0.15) is 0 Å². The molecular weight excluding hydrogens is 307 g/mol. The van der Waals surface area contributed by atoms with Crippen LogP contribution in [0.2, 0.25) is 10.2 Å². The van der Waals surface area contributed by atoms with Crippen LogP contribution in [0.1, 0.15) is 27.0 Å². The van der Waals surface area contributed by atoms with E-state index in [1.54, 1.807) is 11.9 Å². The average molecular weight is 323 g/mol. The Kier molecular flexibility index (Phi) is 4.86. The number of rotatable bonds is 3. The van der Waals surface area contributed by atoms with E-state index in [2.05, 4.69) is 11.1 Å². The van der Waals surface area contributed by atoms with Crippen LogP contribution in [0.5, 0.6) is 0 Å². The molecule has 1 aromatic carbocycles. The van der Waals surface area contributed by atoms with Crippen LogP contribution >= 0.6 is 23.2 Å². The second-order valence-electron chi connectivity index (χ2n) is 5.09. The second-order valence-corrected chi connectivity index (χ2v) is 5.85. The molecule has 0 aliphatic heterocycles. The molecule has 1 aromatic heterocycles. The van der Waals surface area contributed by atoms with E-state index in [-0.39, 0.29) is 16.1 Å². The Morgan fingerprint density at radius 1 is 1.24 bits per heavy atom. The molecule has 0 unspecified atom stereocenters. The minimum Gasteiger partial charge on any atom is -0.337 e. The maximum absolute atomic E-state index is 12.4. The molecule has 0 aliphatic rings. The number of pyridine rings is 1. The smallest absolute Gasteiger partial charge is 0.255 e. The van der Waals surface area contributed by atoms with E-state index in [1.165, 1.54) is 23.4 Å². The van der Waals surface area contributed by atoms with Gasteiger partial charge in [-0.25, -0.2) is 4.98 Å². The number of amides is 1. The van der Waals surface area contributed by atoms with Crippen molar-refractivity contribution in [2.75, 3.05) is 7.05 Å². The van der Waals surface area contributed by atoms with Crippen LogP contribution in [0.4, 0.5) is 0 Å². The van der Waals surface area contributed by atoms with Gasteiger partial charge in [0.2, 0.25) is 0 Å². The van der Waals surface area contributed by atoms with E-state index in [9.17, 15) is 4.79 Å². The highest BCUT2D eigenvalue weighted by Crippen LogP contribution is 2.21. The largest absolute Gasteiger partial charge is 0.337 e. The van der Waals surface area contributed by atoms with Crippen LogP contribution in [0.25, 0.3) is 0 Å². The lowest BCUT2D eigenvalue weighted by molar-refractivity contribution is 0.0784. The van der Waals surface area contributed by atoms with Crippen molar-refractivity contribution in [1.29, 1.82) is 0 Å². The number of hydrogen-bond donors (Lipinski definition) is 0. The van der Waals surface area contributed by atoms with Gasteiger partial charge in [0.1, 0.15) is 5.15 Å². The van der Waals surface area contributed by atoms with E-state index in [4.69, 9.17) is 23.2 Å². The van der Waals surface area contributed by atoms with E-state index < -0.39 is 0 Å². The Morgan fingerprint density at radius 3 is 2.57 bits per heavy atom. The molecule has 0 saturated heterocycles. The first-order valence-corrected chi connectivity index (χ1v) is 7.26. The second kappa shape index (κ2) is 6.46. The quantitative estimate of drug-likeness (QED) is 0.790. The molecule has 0 atom stereocenters. The maximum atomic E-state index is 12.4. The molecule has 110 valence electrons. The predicted molar refractivity (Wildman–Crippen MR) is 86.0 cm³/mol. The number of halogens is 2. The number of nitrogens with zero attached hydrogens (tertiary/aromatic N) is 2. The van der Waals surface area contributed by atoms with Crippen LogP contribution < -0.4 is 0 Å².